The largest absolute Gasteiger partial charge is 0.496 e. The van der Waals surface area contributed by atoms with Crippen LogP contribution in [0.3, 0.4) is 0 Å². The molecule has 2 aromatic carbocycles. The van der Waals surface area contributed by atoms with Gasteiger partial charge in [0.25, 0.3) is 5.91 Å². The minimum Gasteiger partial charge on any atom is -0.496 e. The minimum atomic E-state index is -0.596. The number of rotatable bonds is 6. The number of carbonyl (C=O) groups excluding carboxylic acids is 2. The molecule has 0 fully saturated rings. The highest BCUT2D eigenvalue weighted by Crippen LogP contribution is 2.20. The Hall–Kier alpha value is -3.61. The Morgan fingerprint density at radius 2 is 1.76 bits per heavy atom. The molecule has 3 rings (SSSR count). The van der Waals surface area contributed by atoms with Crippen LogP contribution in [0.5, 0.6) is 5.75 Å². The lowest BCUT2D eigenvalue weighted by atomic mass is 10.1. The van der Waals surface area contributed by atoms with Gasteiger partial charge in [0.2, 0.25) is 0 Å². The summed E-state index contributed by atoms with van der Waals surface area (Å²) in [5, 5.41) is 7.16. The fourth-order valence-electron chi connectivity index (χ4n) is 2.81. The van der Waals surface area contributed by atoms with Crippen LogP contribution in [0, 0.1) is 20.8 Å². The molecule has 1 N–H and O–H groups in total. The number of esters is 1. The molecule has 0 aliphatic rings. The maximum atomic E-state index is 12.3. The molecule has 29 heavy (non-hydrogen) atoms. The van der Waals surface area contributed by atoms with Crippen LogP contribution in [0.15, 0.2) is 48.5 Å². The average molecular weight is 393 g/mol. The summed E-state index contributed by atoms with van der Waals surface area (Å²) in [5.41, 5.74) is 3.93. The Morgan fingerprint density at radius 3 is 2.45 bits per heavy atom. The third kappa shape index (κ3) is 4.82. The summed E-state index contributed by atoms with van der Waals surface area (Å²) in [7, 11) is 1.53. The minimum absolute atomic E-state index is 0.320. The highest BCUT2D eigenvalue weighted by Gasteiger charge is 2.15. The smallest absolute Gasteiger partial charge is 0.338 e. The van der Waals surface area contributed by atoms with Crippen LogP contribution in [0.25, 0.3) is 5.69 Å². The lowest BCUT2D eigenvalue weighted by Gasteiger charge is -2.10. The molecule has 3 aromatic rings. The molecule has 1 aromatic heterocycles. The monoisotopic (exact) mass is 393 g/mol. The van der Waals surface area contributed by atoms with E-state index in [1.165, 1.54) is 7.11 Å². The van der Waals surface area contributed by atoms with E-state index in [-0.39, 0.29) is 0 Å². The summed E-state index contributed by atoms with van der Waals surface area (Å²) in [5.74, 6) is 0.0399. The van der Waals surface area contributed by atoms with Crippen molar-refractivity contribution >= 4 is 17.7 Å². The molecule has 0 spiro atoms. The first kappa shape index (κ1) is 20.1. The molecule has 0 unspecified atom stereocenters. The number of ether oxygens (including phenoxy) is 2. The van der Waals surface area contributed by atoms with E-state index in [2.05, 4.69) is 10.4 Å². The van der Waals surface area contributed by atoms with E-state index in [1.54, 1.807) is 28.9 Å². The van der Waals surface area contributed by atoms with Gasteiger partial charge in [0.1, 0.15) is 11.6 Å². The first-order chi connectivity index (χ1) is 13.9. The molecule has 1 amide bonds. The van der Waals surface area contributed by atoms with Crippen molar-refractivity contribution in [2.45, 2.75) is 20.8 Å². The summed E-state index contributed by atoms with van der Waals surface area (Å²) >= 11 is 0. The lowest BCUT2D eigenvalue weighted by Crippen LogP contribution is -2.22. The van der Waals surface area contributed by atoms with Gasteiger partial charge in [0.15, 0.2) is 6.61 Å². The summed E-state index contributed by atoms with van der Waals surface area (Å²) in [6, 6.07) is 14.5. The van der Waals surface area contributed by atoms with Crippen molar-refractivity contribution in [1.29, 1.82) is 0 Å². The van der Waals surface area contributed by atoms with Gasteiger partial charge in [-0.2, -0.15) is 5.10 Å². The number of nitrogens with one attached hydrogen (secondary N) is 1. The molecule has 0 saturated carbocycles. The van der Waals surface area contributed by atoms with Crippen LogP contribution in [0.1, 0.15) is 27.2 Å². The highest BCUT2D eigenvalue weighted by atomic mass is 16.5. The number of anilines is 1. The fraction of sp³-hybridized carbons (Fsp3) is 0.227. The van der Waals surface area contributed by atoms with Gasteiger partial charge in [-0.1, -0.05) is 23.8 Å². The molecule has 0 atom stereocenters. The van der Waals surface area contributed by atoms with Crippen LogP contribution in [-0.2, 0) is 9.53 Å². The van der Waals surface area contributed by atoms with Gasteiger partial charge in [-0.3, -0.25) is 4.79 Å². The molecular weight excluding hydrogens is 370 g/mol. The first-order valence-electron chi connectivity index (χ1n) is 9.12. The Balaban J connectivity index is 1.66. The van der Waals surface area contributed by atoms with Crippen LogP contribution in [-0.4, -0.2) is 35.4 Å². The number of carbonyl (C=O) groups is 2. The van der Waals surface area contributed by atoms with Gasteiger partial charge in [0.05, 0.1) is 24.1 Å². The van der Waals surface area contributed by atoms with E-state index in [1.807, 2.05) is 45.0 Å². The van der Waals surface area contributed by atoms with E-state index < -0.39 is 18.5 Å². The number of aromatic nitrogens is 2. The molecule has 0 bridgehead atoms. The number of hydrogen-bond acceptors (Lipinski definition) is 5. The normalized spacial score (nSPS) is 10.5. The number of benzene rings is 2. The second-order valence-electron chi connectivity index (χ2n) is 6.73. The van der Waals surface area contributed by atoms with E-state index in [9.17, 15) is 9.59 Å². The van der Waals surface area contributed by atoms with Gasteiger partial charge in [-0.15, -0.1) is 0 Å². The third-order valence-corrected chi connectivity index (χ3v) is 4.36. The molecule has 0 saturated heterocycles. The number of aryl methyl sites for hydroxylation is 3. The zero-order chi connectivity index (χ0) is 21.0. The molecule has 7 nitrogen and oxygen atoms in total. The SMILES string of the molecule is COc1cc(C(=O)OCC(=O)Nc2cc(C)nn2-c2ccc(C)cc2)ccc1C. The van der Waals surface area contributed by atoms with Gasteiger partial charge >= 0.3 is 5.97 Å². The quantitative estimate of drug-likeness (QED) is 0.647. The van der Waals surface area contributed by atoms with Crippen molar-refractivity contribution in [1.82, 2.24) is 9.78 Å². The Morgan fingerprint density at radius 1 is 1.03 bits per heavy atom. The predicted octanol–water partition coefficient (Wildman–Crippen LogP) is 3.60. The lowest BCUT2D eigenvalue weighted by molar-refractivity contribution is -0.119. The standard InChI is InChI=1S/C22H23N3O4/c1-14-5-9-18(10-6-14)25-20(11-16(3)24-25)23-21(26)13-29-22(27)17-8-7-15(2)19(12-17)28-4/h5-12H,13H2,1-4H3,(H,23,26). The molecule has 150 valence electrons. The van der Waals surface area contributed by atoms with Crippen LogP contribution >= 0.6 is 0 Å². The Labute approximate surface area is 169 Å². The van der Waals surface area contributed by atoms with Gasteiger partial charge in [-0.25, -0.2) is 9.48 Å². The van der Waals surface area contributed by atoms with Gasteiger partial charge in [0, 0.05) is 6.07 Å². The maximum absolute atomic E-state index is 12.3. The number of nitrogens with zero attached hydrogens (tertiary/aromatic N) is 2. The zero-order valence-electron chi connectivity index (χ0n) is 16.9. The molecule has 0 aliphatic carbocycles. The van der Waals surface area contributed by atoms with Crippen molar-refractivity contribution in [3.8, 4) is 11.4 Å². The van der Waals surface area contributed by atoms with E-state index >= 15 is 0 Å². The third-order valence-electron chi connectivity index (χ3n) is 4.36. The first-order valence-corrected chi connectivity index (χ1v) is 9.12. The summed E-state index contributed by atoms with van der Waals surface area (Å²) in [6.07, 6.45) is 0. The fourth-order valence-corrected chi connectivity index (χ4v) is 2.81. The van der Waals surface area contributed by atoms with E-state index in [0.717, 1.165) is 22.5 Å². The molecular formula is C22H23N3O4. The number of amides is 1. The summed E-state index contributed by atoms with van der Waals surface area (Å²) in [6.45, 7) is 5.30. The average Bonchev–Trinajstić information content (AvgIpc) is 3.07. The predicted molar refractivity (Wildman–Crippen MR) is 110 cm³/mol. The number of methoxy groups -OCH3 is 1. The summed E-state index contributed by atoms with van der Waals surface area (Å²) < 4.78 is 12.0. The second-order valence-corrected chi connectivity index (χ2v) is 6.73. The van der Waals surface area contributed by atoms with Crippen molar-refractivity contribution in [2.24, 2.45) is 0 Å². The zero-order valence-corrected chi connectivity index (χ0v) is 16.9. The van der Waals surface area contributed by atoms with Crippen LogP contribution in [0.4, 0.5) is 5.82 Å². The van der Waals surface area contributed by atoms with E-state index in [4.69, 9.17) is 9.47 Å². The highest BCUT2D eigenvalue weighted by molar-refractivity contribution is 5.95. The van der Waals surface area contributed by atoms with E-state index in [0.29, 0.717) is 17.1 Å². The molecule has 7 heteroatoms. The summed E-state index contributed by atoms with van der Waals surface area (Å²) in [4.78, 5) is 24.5. The maximum Gasteiger partial charge on any atom is 0.338 e. The Kier molecular flexibility index (Phi) is 5.97. The second kappa shape index (κ2) is 8.60. The van der Waals surface area contributed by atoms with Gasteiger partial charge in [-0.05, 0) is 50.6 Å². The molecule has 1 heterocycles. The topological polar surface area (TPSA) is 82.4 Å². The van der Waals surface area contributed by atoms with Crippen LogP contribution in [0.2, 0.25) is 0 Å². The Bertz CT molecular complexity index is 1040. The van der Waals surface area contributed by atoms with Crippen molar-refractivity contribution in [3.63, 3.8) is 0 Å². The van der Waals surface area contributed by atoms with Gasteiger partial charge < -0.3 is 14.8 Å². The van der Waals surface area contributed by atoms with Crippen molar-refractivity contribution < 1.29 is 19.1 Å². The van der Waals surface area contributed by atoms with Crippen molar-refractivity contribution in [2.75, 3.05) is 19.0 Å². The number of hydrogen-bond donors (Lipinski definition) is 1. The molecule has 0 radical (unpaired) electrons. The van der Waals surface area contributed by atoms with Crippen molar-refractivity contribution in [3.05, 3.63) is 70.9 Å². The molecule has 0 aliphatic heterocycles. The van der Waals surface area contributed by atoms with Crippen LogP contribution < -0.4 is 10.1 Å².